The maximum atomic E-state index is 13.5. The van der Waals surface area contributed by atoms with Crippen LogP contribution in [0.5, 0.6) is 0 Å². The Balaban J connectivity index is 2.04. The van der Waals surface area contributed by atoms with E-state index in [-0.39, 0.29) is 17.2 Å². The first-order valence-corrected chi connectivity index (χ1v) is 10.8. The van der Waals surface area contributed by atoms with Crippen molar-refractivity contribution in [1.29, 1.82) is 5.26 Å². The van der Waals surface area contributed by atoms with Gasteiger partial charge in [0.15, 0.2) is 0 Å². The number of benzene rings is 2. The Morgan fingerprint density at radius 2 is 1.71 bits per heavy atom. The van der Waals surface area contributed by atoms with Crippen LogP contribution < -0.4 is 5.32 Å². The molecule has 2 aromatic rings. The summed E-state index contributed by atoms with van der Waals surface area (Å²) in [7, 11) is -3.83. The first kappa shape index (κ1) is 20.1. The second-order valence-corrected chi connectivity index (χ2v) is 8.68. The quantitative estimate of drug-likeness (QED) is 0.862. The highest BCUT2D eigenvalue weighted by atomic mass is 32.2. The minimum absolute atomic E-state index is 0.0690. The van der Waals surface area contributed by atoms with Crippen LogP contribution in [0.4, 0.5) is 0 Å². The maximum Gasteiger partial charge on any atom is 0.243 e. The third kappa shape index (κ3) is 4.58. The van der Waals surface area contributed by atoms with Gasteiger partial charge in [-0.25, -0.2) is 8.42 Å². The summed E-state index contributed by atoms with van der Waals surface area (Å²) in [6.45, 7) is 0.956. The molecular weight excluding hydrogens is 374 g/mol. The molecule has 0 radical (unpaired) electrons. The zero-order chi connectivity index (χ0) is 20.0. The van der Waals surface area contributed by atoms with Gasteiger partial charge in [-0.2, -0.15) is 9.57 Å². The monoisotopic (exact) mass is 397 g/mol. The average Bonchev–Trinajstić information content (AvgIpc) is 2.72. The molecule has 0 aromatic heterocycles. The SMILES string of the molecule is N#Cc1ccc(S(=O)(=O)N2CCCCCNC(=O)CC2c2ccccc2)cc1. The van der Waals surface area contributed by atoms with Crippen molar-refractivity contribution in [2.24, 2.45) is 0 Å². The minimum Gasteiger partial charge on any atom is -0.356 e. The first-order valence-electron chi connectivity index (χ1n) is 9.36. The zero-order valence-corrected chi connectivity index (χ0v) is 16.4. The molecule has 1 N–H and O–H groups in total. The van der Waals surface area contributed by atoms with Gasteiger partial charge in [-0.15, -0.1) is 0 Å². The fourth-order valence-corrected chi connectivity index (χ4v) is 5.04. The highest BCUT2D eigenvalue weighted by molar-refractivity contribution is 7.89. The molecule has 0 spiro atoms. The minimum atomic E-state index is -3.83. The molecule has 1 amide bonds. The Morgan fingerprint density at radius 3 is 2.39 bits per heavy atom. The number of hydrogen-bond donors (Lipinski definition) is 1. The lowest BCUT2D eigenvalue weighted by Crippen LogP contribution is -2.39. The van der Waals surface area contributed by atoms with Gasteiger partial charge in [0.1, 0.15) is 0 Å². The predicted molar refractivity (Wildman–Crippen MR) is 106 cm³/mol. The number of carbonyl (C=O) groups excluding carboxylic acids is 1. The van der Waals surface area contributed by atoms with Crippen molar-refractivity contribution in [2.75, 3.05) is 13.1 Å². The van der Waals surface area contributed by atoms with E-state index >= 15 is 0 Å². The topological polar surface area (TPSA) is 90.3 Å². The summed E-state index contributed by atoms with van der Waals surface area (Å²) in [6.07, 6.45) is 2.45. The van der Waals surface area contributed by atoms with Crippen molar-refractivity contribution in [1.82, 2.24) is 9.62 Å². The van der Waals surface area contributed by atoms with Crippen molar-refractivity contribution in [3.05, 3.63) is 65.7 Å². The molecule has 28 heavy (non-hydrogen) atoms. The molecule has 1 aliphatic heterocycles. The molecule has 146 valence electrons. The molecular formula is C21H23N3O3S. The van der Waals surface area contributed by atoms with Gasteiger partial charge in [0.25, 0.3) is 0 Å². The summed E-state index contributed by atoms with van der Waals surface area (Å²) in [5.41, 5.74) is 1.19. The largest absolute Gasteiger partial charge is 0.356 e. The lowest BCUT2D eigenvalue weighted by molar-refractivity contribution is -0.122. The molecule has 1 unspecified atom stereocenters. The summed E-state index contributed by atoms with van der Waals surface area (Å²) < 4.78 is 28.3. The zero-order valence-electron chi connectivity index (χ0n) is 15.5. The third-order valence-corrected chi connectivity index (χ3v) is 6.80. The van der Waals surface area contributed by atoms with E-state index in [1.54, 1.807) is 0 Å². The van der Waals surface area contributed by atoms with E-state index < -0.39 is 16.1 Å². The average molecular weight is 398 g/mol. The van der Waals surface area contributed by atoms with Crippen molar-refractivity contribution in [3.8, 4) is 6.07 Å². The number of hydrogen-bond acceptors (Lipinski definition) is 4. The molecule has 1 heterocycles. The first-order chi connectivity index (χ1) is 13.5. The Morgan fingerprint density at radius 1 is 1.00 bits per heavy atom. The third-order valence-electron chi connectivity index (χ3n) is 4.88. The van der Waals surface area contributed by atoms with Crippen LogP contribution in [0.15, 0.2) is 59.5 Å². The van der Waals surface area contributed by atoms with Crippen molar-refractivity contribution in [2.45, 2.75) is 36.6 Å². The number of nitrogens with zero attached hydrogens (tertiary/aromatic N) is 2. The van der Waals surface area contributed by atoms with E-state index in [0.29, 0.717) is 25.1 Å². The van der Waals surface area contributed by atoms with E-state index in [1.165, 1.54) is 28.6 Å². The van der Waals surface area contributed by atoms with Gasteiger partial charge in [-0.05, 0) is 42.7 Å². The molecule has 0 aliphatic carbocycles. The van der Waals surface area contributed by atoms with E-state index in [0.717, 1.165) is 18.4 Å². The summed E-state index contributed by atoms with van der Waals surface area (Å²) in [5.74, 6) is -0.157. The summed E-state index contributed by atoms with van der Waals surface area (Å²) in [4.78, 5) is 12.5. The molecule has 1 atom stereocenters. The molecule has 0 saturated carbocycles. The molecule has 2 aromatic carbocycles. The Kier molecular flexibility index (Phi) is 6.45. The Hall–Kier alpha value is -2.69. The van der Waals surface area contributed by atoms with Crippen LogP contribution in [0.25, 0.3) is 0 Å². The van der Waals surface area contributed by atoms with Crippen LogP contribution >= 0.6 is 0 Å². The summed E-state index contributed by atoms with van der Waals surface area (Å²) in [6, 6.07) is 16.6. The number of nitrogens with one attached hydrogen (secondary N) is 1. The van der Waals surface area contributed by atoms with Crippen molar-refractivity contribution in [3.63, 3.8) is 0 Å². The van der Waals surface area contributed by atoms with E-state index in [1.807, 2.05) is 36.4 Å². The maximum absolute atomic E-state index is 13.5. The smallest absolute Gasteiger partial charge is 0.243 e. The fraction of sp³-hybridized carbons (Fsp3) is 0.333. The summed E-state index contributed by atoms with van der Waals surface area (Å²) in [5, 5.41) is 11.9. The van der Waals surface area contributed by atoms with Crippen molar-refractivity contribution >= 4 is 15.9 Å². The van der Waals surface area contributed by atoms with Gasteiger partial charge < -0.3 is 5.32 Å². The second-order valence-electron chi connectivity index (χ2n) is 6.79. The van der Waals surface area contributed by atoms with Gasteiger partial charge >= 0.3 is 0 Å². The molecule has 0 bridgehead atoms. The highest BCUT2D eigenvalue weighted by Crippen LogP contribution is 2.31. The number of rotatable bonds is 3. The Bertz CT molecular complexity index is 951. The molecule has 1 saturated heterocycles. The lowest BCUT2D eigenvalue weighted by atomic mass is 10.0. The molecule has 3 rings (SSSR count). The Labute approximate surface area is 165 Å². The standard InChI is InChI=1S/C21H23N3O3S/c22-16-17-9-11-19(12-10-17)28(26,27)24-14-6-2-5-13-23-21(25)15-20(24)18-7-3-1-4-8-18/h1,3-4,7-12,20H,2,5-6,13-15H2,(H,23,25). The van der Waals surface area contributed by atoms with Crippen LogP contribution in [0.1, 0.15) is 42.9 Å². The van der Waals surface area contributed by atoms with E-state index in [4.69, 9.17) is 5.26 Å². The number of sulfonamides is 1. The number of amides is 1. The van der Waals surface area contributed by atoms with Gasteiger partial charge in [0.05, 0.1) is 22.6 Å². The molecule has 1 fully saturated rings. The van der Waals surface area contributed by atoms with Gasteiger partial charge in [0.2, 0.25) is 15.9 Å². The lowest BCUT2D eigenvalue weighted by Gasteiger charge is -2.32. The van der Waals surface area contributed by atoms with E-state index in [2.05, 4.69) is 5.32 Å². The van der Waals surface area contributed by atoms with Crippen LogP contribution in [0.2, 0.25) is 0 Å². The number of carbonyl (C=O) groups is 1. The second kappa shape index (κ2) is 9.00. The fourth-order valence-electron chi connectivity index (χ4n) is 3.39. The van der Waals surface area contributed by atoms with E-state index in [9.17, 15) is 13.2 Å². The van der Waals surface area contributed by atoms with Crippen LogP contribution in [0.3, 0.4) is 0 Å². The molecule has 7 heteroatoms. The van der Waals surface area contributed by atoms with Crippen LogP contribution in [0, 0.1) is 11.3 Å². The van der Waals surface area contributed by atoms with Gasteiger partial charge in [0, 0.05) is 19.5 Å². The van der Waals surface area contributed by atoms with Crippen LogP contribution in [-0.4, -0.2) is 31.7 Å². The van der Waals surface area contributed by atoms with Crippen LogP contribution in [-0.2, 0) is 14.8 Å². The number of nitriles is 1. The highest BCUT2D eigenvalue weighted by Gasteiger charge is 2.33. The summed E-state index contributed by atoms with van der Waals surface area (Å²) >= 11 is 0. The van der Waals surface area contributed by atoms with Gasteiger partial charge in [-0.3, -0.25) is 4.79 Å². The van der Waals surface area contributed by atoms with Gasteiger partial charge in [-0.1, -0.05) is 36.8 Å². The normalized spacial score (nSPS) is 19.4. The molecule has 6 nitrogen and oxygen atoms in total. The predicted octanol–water partition coefficient (Wildman–Crippen LogP) is 2.98. The van der Waals surface area contributed by atoms with Crippen molar-refractivity contribution < 1.29 is 13.2 Å². The molecule has 1 aliphatic rings.